The van der Waals surface area contributed by atoms with Gasteiger partial charge in [0.15, 0.2) is 5.16 Å². The minimum Gasteiger partial charge on any atom is -0.325 e. The molecule has 0 saturated carbocycles. The third kappa shape index (κ3) is 4.22. The third-order valence-electron chi connectivity index (χ3n) is 4.47. The van der Waals surface area contributed by atoms with Crippen LogP contribution in [0.3, 0.4) is 0 Å². The molecule has 3 rings (SSSR count). The first-order chi connectivity index (χ1) is 12.9. The maximum absolute atomic E-state index is 12.8. The molecule has 5 nitrogen and oxygen atoms in total. The highest BCUT2D eigenvalue weighted by atomic mass is 32.2. The normalized spacial score (nSPS) is 12.0. The van der Waals surface area contributed by atoms with Crippen LogP contribution in [0.5, 0.6) is 0 Å². The van der Waals surface area contributed by atoms with Gasteiger partial charge in [0, 0.05) is 5.69 Å². The van der Waals surface area contributed by atoms with Crippen molar-refractivity contribution >= 4 is 23.4 Å². The summed E-state index contributed by atoms with van der Waals surface area (Å²) in [5, 5.41) is 11.7. The van der Waals surface area contributed by atoms with Gasteiger partial charge in [-0.05, 0) is 57.4 Å². The number of thioether (sulfide) groups is 1. The minimum absolute atomic E-state index is 0.0469. The van der Waals surface area contributed by atoms with E-state index < -0.39 is 0 Å². The van der Waals surface area contributed by atoms with E-state index in [0.29, 0.717) is 5.16 Å². The summed E-state index contributed by atoms with van der Waals surface area (Å²) in [5.74, 6) is -0.0469. The second-order valence-corrected chi connectivity index (χ2v) is 8.10. The van der Waals surface area contributed by atoms with Crippen molar-refractivity contribution in [2.24, 2.45) is 0 Å². The predicted molar refractivity (Wildman–Crippen MR) is 111 cm³/mol. The Bertz CT molecular complexity index is 957. The van der Waals surface area contributed by atoms with Crippen LogP contribution in [0.25, 0.3) is 5.69 Å². The molecule has 1 amide bonds. The highest BCUT2D eigenvalue weighted by molar-refractivity contribution is 8.00. The van der Waals surface area contributed by atoms with Gasteiger partial charge >= 0.3 is 0 Å². The Labute approximate surface area is 164 Å². The summed E-state index contributed by atoms with van der Waals surface area (Å²) in [5.41, 5.74) is 6.36. The Hall–Kier alpha value is -2.60. The zero-order valence-electron chi connectivity index (χ0n) is 16.3. The van der Waals surface area contributed by atoms with Crippen LogP contribution in [0.15, 0.2) is 47.9 Å². The monoisotopic (exact) mass is 380 g/mol. The van der Waals surface area contributed by atoms with Crippen molar-refractivity contribution in [3.63, 3.8) is 0 Å². The Morgan fingerprint density at radius 3 is 2.41 bits per heavy atom. The van der Waals surface area contributed by atoms with Crippen LogP contribution in [0.1, 0.15) is 29.2 Å². The van der Waals surface area contributed by atoms with Crippen LogP contribution in [0, 0.1) is 27.7 Å². The second kappa shape index (κ2) is 7.96. The molecule has 1 aromatic heterocycles. The van der Waals surface area contributed by atoms with Gasteiger partial charge in [0.05, 0.1) is 10.9 Å². The smallest absolute Gasteiger partial charge is 0.237 e. The van der Waals surface area contributed by atoms with Gasteiger partial charge < -0.3 is 5.32 Å². The fourth-order valence-electron chi connectivity index (χ4n) is 3.12. The zero-order valence-corrected chi connectivity index (χ0v) is 17.1. The van der Waals surface area contributed by atoms with E-state index in [1.54, 1.807) is 6.33 Å². The van der Waals surface area contributed by atoms with Crippen LogP contribution < -0.4 is 5.32 Å². The number of amides is 1. The molecule has 6 heteroatoms. The van der Waals surface area contributed by atoms with Gasteiger partial charge in [0.2, 0.25) is 5.91 Å². The van der Waals surface area contributed by atoms with Crippen LogP contribution in [0.2, 0.25) is 0 Å². The summed E-state index contributed by atoms with van der Waals surface area (Å²) in [6.45, 7) is 10.0. The maximum Gasteiger partial charge on any atom is 0.237 e. The van der Waals surface area contributed by atoms with Gasteiger partial charge in [-0.15, -0.1) is 10.2 Å². The number of hydrogen-bond acceptors (Lipinski definition) is 4. The van der Waals surface area contributed by atoms with E-state index in [-0.39, 0.29) is 11.2 Å². The number of rotatable bonds is 5. The topological polar surface area (TPSA) is 59.8 Å². The molecule has 0 bridgehead atoms. The van der Waals surface area contributed by atoms with Gasteiger partial charge in [-0.3, -0.25) is 9.36 Å². The molecule has 2 aromatic carbocycles. The van der Waals surface area contributed by atoms with Crippen molar-refractivity contribution in [1.82, 2.24) is 14.8 Å². The first-order valence-electron chi connectivity index (χ1n) is 8.88. The highest BCUT2D eigenvalue weighted by Crippen LogP contribution is 2.27. The first kappa shape index (κ1) is 19.2. The van der Waals surface area contributed by atoms with Crippen molar-refractivity contribution < 1.29 is 4.79 Å². The molecule has 0 radical (unpaired) electrons. The predicted octanol–water partition coefficient (Wildman–Crippen LogP) is 4.62. The fraction of sp³-hybridized carbons (Fsp3) is 0.286. The molecular formula is C21H24N4OS. The number of nitrogens with zero attached hydrogens (tertiary/aromatic N) is 3. The van der Waals surface area contributed by atoms with Crippen LogP contribution in [-0.4, -0.2) is 25.9 Å². The van der Waals surface area contributed by atoms with Crippen LogP contribution in [0.4, 0.5) is 5.69 Å². The molecule has 27 heavy (non-hydrogen) atoms. The van der Waals surface area contributed by atoms with E-state index in [0.717, 1.165) is 28.1 Å². The number of benzene rings is 2. The number of aromatic nitrogens is 3. The van der Waals surface area contributed by atoms with E-state index >= 15 is 0 Å². The molecular weight excluding hydrogens is 356 g/mol. The Balaban J connectivity index is 1.77. The number of aryl methyl sites for hydroxylation is 4. The summed E-state index contributed by atoms with van der Waals surface area (Å²) < 4.78 is 1.92. The largest absolute Gasteiger partial charge is 0.325 e. The number of carbonyl (C=O) groups excluding carboxylic acids is 1. The molecule has 1 heterocycles. The molecule has 1 N–H and O–H groups in total. The second-order valence-electron chi connectivity index (χ2n) is 6.79. The molecule has 0 spiro atoms. The molecule has 3 aromatic rings. The number of anilines is 1. The van der Waals surface area contributed by atoms with E-state index in [9.17, 15) is 4.79 Å². The molecule has 140 valence electrons. The Morgan fingerprint density at radius 1 is 1.07 bits per heavy atom. The Kier molecular flexibility index (Phi) is 5.65. The molecule has 0 aliphatic rings. The first-order valence-corrected chi connectivity index (χ1v) is 9.76. The number of carbonyl (C=O) groups is 1. The van der Waals surface area contributed by atoms with Gasteiger partial charge in [-0.25, -0.2) is 0 Å². The maximum atomic E-state index is 12.8. The molecule has 1 atom stereocenters. The third-order valence-corrected chi connectivity index (χ3v) is 5.52. The summed E-state index contributed by atoms with van der Waals surface area (Å²) in [4.78, 5) is 12.8. The lowest BCUT2D eigenvalue weighted by molar-refractivity contribution is -0.115. The molecule has 1 unspecified atom stereocenters. The Morgan fingerprint density at radius 2 is 1.74 bits per heavy atom. The summed E-state index contributed by atoms with van der Waals surface area (Å²) >= 11 is 1.40. The summed E-state index contributed by atoms with van der Waals surface area (Å²) in [6, 6.07) is 12.2. The lowest BCUT2D eigenvalue weighted by Gasteiger charge is -2.16. The van der Waals surface area contributed by atoms with Crippen molar-refractivity contribution in [2.45, 2.75) is 45.0 Å². The van der Waals surface area contributed by atoms with Gasteiger partial charge in [0.1, 0.15) is 6.33 Å². The van der Waals surface area contributed by atoms with Crippen molar-refractivity contribution in [1.29, 1.82) is 0 Å². The molecule has 0 aliphatic carbocycles. The lowest BCUT2D eigenvalue weighted by atomic mass is 10.1. The van der Waals surface area contributed by atoms with E-state index in [4.69, 9.17) is 0 Å². The van der Waals surface area contributed by atoms with Crippen molar-refractivity contribution in [2.75, 3.05) is 5.32 Å². The van der Waals surface area contributed by atoms with Gasteiger partial charge in [0.25, 0.3) is 0 Å². The summed E-state index contributed by atoms with van der Waals surface area (Å²) in [7, 11) is 0. The van der Waals surface area contributed by atoms with Gasteiger partial charge in [-0.2, -0.15) is 0 Å². The average Bonchev–Trinajstić information content (AvgIpc) is 3.06. The lowest BCUT2D eigenvalue weighted by Crippen LogP contribution is -2.24. The summed E-state index contributed by atoms with van der Waals surface area (Å²) in [6.07, 6.45) is 1.68. The quantitative estimate of drug-likeness (QED) is 0.656. The number of para-hydroxylation sites is 1. The van der Waals surface area contributed by atoms with Gasteiger partial charge in [-0.1, -0.05) is 47.7 Å². The number of nitrogens with one attached hydrogen (secondary N) is 1. The van der Waals surface area contributed by atoms with E-state index in [2.05, 4.69) is 34.6 Å². The van der Waals surface area contributed by atoms with E-state index in [1.165, 1.54) is 17.3 Å². The van der Waals surface area contributed by atoms with Crippen LogP contribution >= 0.6 is 11.8 Å². The van der Waals surface area contributed by atoms with Crippen molar-refractivity contribution in [3.8, 4) is 5.69 Å². The fourth-order valence-corrected chi connectivity index (χ4v) is 3.95. The van der Waals surface area contributed by atoms with E-state index in [1.807, 2.05) is 56.5 Å². The molecule has 0 saturated heterocycles. The van der Waals surface area contributed by atoms with Crippen LogP contribution in [-0.2, 0) is 4.79 Å². The average molecular weight is 381 g/mol. The minimum atomic E-state index is -0.308. The molecule has 0 fully saturated rings. The number of hydrogen-bond donors (Lipinski definition) is 1. The SMILES string of the molecule is Cc1cc(C)c(NC(=O)C(C)Sc2nncn2-c2ccccc2C)c(C)c1. The van der Waals surface area contributed by atoms with Crippen molar-refractivity contribution in [3.05, 3.63) is 65.0 Å². The molecule has 0 aliphatic heterocycles. The zero-order chi connectivity index (χ0) is 19.6. The standard InChI is InChI=1S/C21H24N4OS/c1-13-10-15(3)19(16(4)11-13)23-20(26)17(5)27-21-24-22-12-25(21)18-9-7-6-8-14(18)2/h6-12,17H,1-5H3,(H,23,26). The highest BCUT2D eigenvalue weighted by Gasteiger charge is 2.20.